The number of anilines is 3. The van der Waals surface area contributed by atoms with Crippen molar-refractivity contribution in [3.8, 4) is 5.75 Å². The van der Waals surface area contributed by atoms with E-state index in [0.717, 1.165) is 0 Å². The van der Waals surface area contributed by atoms with Crippen LogP contribution in [0.3, 0.4) is 0 Å². The van der Waals surface area contributed by atoms with Gasteiger partial charge in [-0.15, -0.1) is 0 Å². The van der Waals surface area contributed by atoms with Crippen molar-refractivity contribution in [1.82, 2.24) is 0 Å². The van der Waals surface area contributed by atoms with Crippen LogP contribution in [0.5, 0.6) is 5.75 Å². The monoisotopic (exact) mass is 463 g/mol. The van der Waals surface area contributed by atoms with Crippen LogP contribution in [0.1, 0.15) is 10.4 Å². The molecule has 30 heavy (non-hydrogen) atoms. The summed E-state index contributed by atoms with van der Waals surface area (Å²) in [7, 11) is 1.48. The number of hydrogen-bond donors (Lipinski definition) is 3. The molecule has 5 nitrogen and oxygen atoms in total. The molecular weight excluding hydrogens is 448 g/mol. The first-order valence-electron chi connectivity index (χ1n) is 8.64. The third kappa shape index (κ3) is 5.60. The van der Waals surface area contributed by atoms with E-state index in [4.69, 9.17) is 40.2 Å². The smallest absolute Gasteiger partial charge is 0.255 e. The number of nitrogens with one attached hydrogen (secondary N) is 3. The van der Waals surface area contributed by atoms with Crippen molar-refractivity contribution >= 4 is 63.5 Å². The summed E-state index contributed by atoms with van der Waals surface area (Å²) in [6.07, 6.45) is 0. The fourth-order valence-corrected chi connectivity index (χ4v) is 3.44. The number of hydrogen-bond acceptors (Lipinski definition) is 3. The highest BCUT2D eigenvalue weighted by molar-refractivity contribution is 7.80. The Kier molecular flexibility index (Phi) is 7.10. The molecule has 3 N–H and O–H groups in total. The lowest BCUT2D eigenvalue weighted by Gasteiger charge is -2.13. The summed E-state index contributed by atoms with van der Waals surface area (Å²) >= 11 is 17.5. The molecule has 0 spiro atoms. The van der Waals surface area contributed by atoms with Crippen molar-refractivity contribution < 1.29 is 13.9 Å². The molecule has 0 saturated carbocycles. The van der Waals surface area contributed by atoms with Gasteiger partial charge in [-0.1, -0.05) is 23.2 Å². The van der Waals surface area contributed by atoms with Gasteiger partial charge in [-0.3, -0.25) is 4.79 Å². The summed E-state index contributed by atoms with van der Waals surface area (Å²) in [5.41, 5.74) is 2.26. The van der Waals surface area contributed by atoms with E-state index < -0.39 is 5.82 Å². The van der Waals surface area contributed by atoms with E-state index in [2.05, 4.69) is 16.0 Å². The van der Waals surface area contributed by atoms with Gasteiger partial charge in [-0.25, -0.2) is 4.39 Å². The second kappa shape index (κ2) is 9.75. The van der Waals surface area contributed by atoms with E-state index in [9.17, 15) is 9.18 Å². The van der Waals surface area contributed by atoms with Gasteiger partial charge < -0.3 is 20.7 Å². The van der Waals surface area contributed by atoms with E-state index in [1.165, 1.54) is 31.4 Å². The second-order valence-electron chi connectivity index (χ2n) is 6.09. The standard InChI is InChI=1S/C21H16Cl2FN3O2S/c1-29-19-17(22)10-16(11-18(19)23)27-21(30)26-15-8-6-14(7-9-15)25-20(28)12-2-4-13(24)5-3-12/h2-11H,1H3,(H,25,28)(H2,26,27,30). The van der Waals surface area contributed by atoms with Crippen LogP contribution in [0.2, 0.25) is 10.0 Å². The Balaban J connectivity index is 1.59. The molecule has 0 atom stereocenters. The highest BCUT2D eigenvalue weighted by Gasteiger charge is 2.10. The van der Waals surface area contributed by atoms with Crippen LogP contribution in [-0.2, 0) is 0 Å². The first kappa shape index (κ1) is 21.8. The molecule has 0 aliphatic heterocycles. The molecule has 0 heterocycles. The summed E-state index contributed by atoms with van der Waals surface area (Å²) in [6, 6.07) is 15.5. The van der Waals surface area contributed by atoms with Gasteiger partial charge in [0, 0.05) is 22.6 Å². The Morgan fingerprint density at radius 1 is 0.867 bits per heavy atom. The van der Waals surface area contributed by atoms with Crippen molar-refractivity contribution in [2.45, 2.75) is 0 Å². The van der Waals surface area contributed by atoms with Gasteiger partial charge in [0.1, 0.15) is 5.82 Å². The Labute approximate surface area is 188 Å². The van der Waals surface area contributed by atoms with E-state index in [0.29, 0.717) is 43.5 Å². The number of carbonyl (C=O) groups excluding carboxylic acids is 1. The fourth-order valence-electron chi connectivity index (χ4n) is 2.56. The molecule has 9 heteroatoms. The third-order valence-corrected chi connectivity index (χ3v) is 4.73. The minimum absolute atomic E-state index is 0.329. The van der Waals surface area contributed by atoms with Gasteiger partial charge in [-0.05, 0) is 72.9 Å². The molecular formula is C21H16Cl2FN3O2S. The van der Waals surface area contributed by atoms with Crippen molar-refractivity contribution in [3.05, 3.63) is 82.1 Å². The number of rotatable bonds is 5. The maximum absolute atomic E-state index is 13.0. The first-order valence-corrected chi connectivity index (χ1v) is 9.80. The van der Waals surface area contributed by atoms with Crippen molar-refractivity contribution in [1.29, 1.82) is 0 Å². The molecule has 0 radical (unpaired) electrons. The molecule has 0 fully saturated rings. The Bertz CT molecular complexity index is 1050. The summed E-state index contributed by atoms with van der Waals surface area (Å²) in [4.78, 5) is 12.2. The van der Waals surface area contributed by atoms with Crippen molar-refractivity contribution in [2.24, 2.45) is 0 Å². The minimum Gasteiger partial charge on any atom is -0.494 e. The van der Waals surface area contributed by atoms with Crippen molar-refractivity contribution in [2.75, 3.05) is 23.1 Å². The molecule has 0 unspecified atom stereocenters. The van der Waals surface area contributed by atoms with E-state index in [-0.39, 0.29) is 5.91 Å². The average Bonchev–Trinajstić information content (AvgIpc) is 2.69. The molecule has 0 aliphatic rings. The predicted octanol–water partition coefficient (Wildman–Crippen LogP) is 6.20. The van der Waals surface area contributed by atoms with Gasteiger partial charge in [0.2, 0.25) is 0 Å². The molecule has 0 bridgehead atoms. The first-order chi connectivity index (χ1) is 14.4. The summed E-state index contributed by atoms with van der Waals surface area (Å²) in [5, 5.41) is 9.80. The minimum atomic E-state index is -0.397. The number of ether oxygens (including phenoxy) is 1. The van der Waals surface area contributed by atoms with Gasteiger partial charge in [-0.2, -0.15) is 0 Å². The maximum atomic E-state index is 13.0. The number of thiocarbonyl (C=S) groups is 1. The summed E-state index contributed by atoms with van der Waals surface area (Å²) in [5.74, 6) is -0.340. The van der Waals surface area contributed by atoms with Crippen LogP contribution < -0.4 is 20.7 Å². The van der Waals surface area contributed by atoms with Gasteiger partial charge in [0.05, 0.1) is 17.2 Å². The van der Waals surface area contributed by atoms with Gasteiger partial charge in [0.15, 0.2) is 10.9 Å². The number of methoxy groups -OCH3 is 1. The molecule has 3 aromatic rings. The van der Waals surface area contributed by atoms with Crippen LogP contribution in [0.4, 0.5) is 21.5 Å². The average molecular weight is 464 g/mol. The normalized spacial score (nSPS) is 10.3. The molecule has 3 rings (SSSR count). The van der Waals surface area contributed by atoms with Crippen LogP contribution in [0.25, 0.3) is 0 Å². The van der Waals surface area contributed by atoms with Crippen LogP contribution in [0, 0.1) is 5.82 Å². The lowest BCUT2D eigenvalue weighted by atomic mass is 10.2. The van der Waals surface area contributed by atoms with E-state index >= 15 is 0 Å². The zero-order valence-electron chi connectivity index (χ0n) is 15.6. The Morgan fingerprint density at radius 2 is 1.37 bits per heavy atom. The highest BCUT2D eigenvalue weighted by atomic mass is 35.5. The molecule has 1 amide bonds. The Hall–Kier alpha value is -2.87. The van der Waals surface area contributed by atoms with Gasteiger partial charge >= 0.3 is 0 Å². The van der Waals surface area contributed by atoms with Crippen LogP contribution in [0.15, 0.2) is 60.7 Å². The molecule has 154 valence electrons. The summed E-state index contributed by atoms with van der Waals surface area (Å²) in [6.45, 7) is 0. The molecule has 0 saturated heterocycles. The molecule has 0 aliphatic carbocycles. The largest absolute Gasteiger partial charge is 0.494 e. The van der Waals surface area contributed by atoms with E-state index in [1.807, 2.05) is 0 Å². The number of carbonyl (C=O) groups is 1. The zero-order chi connectivity index (χ0) is 21.7. The topological polar surface area (TPSA) is 62.4 Å². The second-order valence-corrected chi connectivity index (χ2v) is 7.31. The lowest BCUT2D eigenvalue weighted by molar-refractivity contribution is 0.102. The number of halogens is 3. The molecule has 3 aromatic carbocycles. The summed E-state index contributed by atoms with van der Waals surface area (Å²) < 4.78 is 18.1. The predicted molar refractivity (Wildman–Crippen MR) is 124 cm³/mol. The van der Waals surface area contributed by atoms with Crippen LogP contribution in [-0.4, -0.2) is 18.1 Å². The number of benzene rings is 3. The maximum Gasteiger partial charge on any atom is 0.255 e. The molecule has 0 aromatic heterocycles. The highest BCUT2D eigenvalue weighted by Crippen LogP contribution is 2.35. The number of amides is 1. The quantitative estimate of drug-likeness (QED) is 0.393. The van der Waals surface area contributed by atoms with Crippen molar-refractivity contribution in [3.63, 3.8) is 0 Å². The zero-order valence-corrected chi connectivity index (χ0v) is 18.0. The fraction of sp³-hybridized carbons (Fsp3) is 0.0476. The third-order valence-electron chi connectivity index (χ3n) is 3.97. The SMILES string of the molecule is COc1c(Cl)cc(NC(=S)Nc2ccc(NC(=O)c3ccc(F)cc3)cc2)cc1Cl. The van der Waals surface area contributed by atoms with E-state index in [1.54, 1.807) is 36.4 Å². The van der Waals surface area contributed by atoms with Gasteiger partial charge in [0.25, 0.3) is 5.91 Å². The lowest BCUT2D eigenvalue weighted by Crippen LogP contribution is -2.19. The van der Waals surface area contributed by atoms with Crippen LogP contribution >= 0.6 is 35.4 Å². The Morgan fingerprint density at radius 3 is 1.90 bits per heavy atom.